The highest BCUT2D eigenvalue weighted by Gasteiger charge is 2.45. The number of ketones is 1. The zero-order chi connectivity index (χ0) is 22.1. The van der Waals surface area contributed by atoms with Crippen molar-refractivity contribution in [3.8, 4) is 0 Å². The molecule has 4 rings (SSSR count). The van der Waals surface area contributed by atoms with Gasteiger partial charge in [0.2, 0.25) is 0 Å². The Labute approximate surface area is 182 Å². The van der Waals surface area contributed by atoms with Crippen LogP contribution in [-0.4, -0.2) is 54.9 Å². The molecule has 1 saturated heterocycles. The molecule has 7 heteroatoms. The molecule has 0 radical (unpaired) electrons. The molecule has 1 N–H and O–H groups in total. The molecule has 31 heavy (non-hydrogen) atoms. The largest absolute Gasteiger partial charge is 0.503 e. The first-order valence-electron chi connectivity index (χ1n) is 10.7. The lowest BCUT2D eigenvalue weighted by atomic mass is 9.95. The minimum atomic E-state index is -0.775. The highest BCUT2D eigenvalue weighted by atomic mass is 16.3. The van der Waals surface area contributed by atoms with Crippen LogP contribution in [-0.2, 0) is 9.59 Å². The molecule has 1 atom stereocenters. The molecule has 0 spiro atoms. The number of aliphatic hydroxyl groups is 1. The number of anilines is 2. The van der Waals surface area contributed by atoms with Crippen molar-refractivity contribution < 1.29 is 19.1 Å². The molecule has 1 fully saturated rings. The topological polar surface area (TPSA) is 77.2 Å². The second kappa shape index (κ2) is 8.59. The van der Waals surface area contributed by atoms with Gasteiger partial charge in [-0.2, -0.15) is 0 Å². The maximum Gasteiger partial charge on any atom is 0.294 e. The lowest BCUT2D eigenvalue weighted by Crippen LogP contribution is -2.44. The molecule has 1 aromatic heterocycles. The van der Waals surface area contributed by atoms with Crippen molar-refractivity contribution in [2.24, 2.45) is 5.92 Å². The van der Waals surface area contributed by atoms with Crippen LogP contribution in [0.15, 0.2) is 58.4 Å². The van der Waals surface area contributed by atoms with Gasteiger partial charge in [-0.1, -0.05) is 13.8 Å². The number of hydrogen-bond acceptors (Lipinski definition) is 6. The fourth-order valence-electron chi connectivity index (χ4n) is 4.24. The molecule has 2 aliphatic rings. The molecule has 0 bridgehead atoms. The van der Waals surface area contributed by atoms with E-state index in [-0.39, 0.29) is 23.7 Å². The van der Waals surface area contributed by atoms with E-state index in [9.17, 15) is 14.7 Å². The zero-order valence-electron chi connectivity index (χ0n) is 18.2. The predicted octanol–water partition coefficient (Wildman–Crippen LogP) is 3.55. The number of benzene rings is 1. The Bertz CT molecular complexity index is 971. The van der Waals surface area contributed by atoms with Crippen LogP contribution >= 0.6 is 0 Å². The number of nitrogens with zero attached hydrogens (tertiary/aromatic N) is 3. The molecule has 0 saturated carbocycles. The van der Waals surface area contributed by atoms with E-state index in [4.69, 9.17) is 4.42 Å². The van der Waals surface area contributed by atoms with Gasteiger partial charge >= 0.3 is 0 Å². The summed E-state index contributed by atoms with van der Waals surface area (Å²) < 4.78 is 5.58. The Morgan fingerprint density at radius 1 is 1.10 bits per heavy atom. The Morgan fingerprint density at radius 3 is 2.32 bits per heavy atom. The van der Waals surface area contributed by atoms with Crippen LogP contribution < -0.4 is 9.80 Å². The van der Waals surface area contributed by atoms with E-state index in [2.05, 4.69) is 16.8 Å². The zero-order valence-corrected chi connectivity index (χ0v) is 18.2. The minimum absolute atomic E-state index is 0.108. The Balaban J connectivity index is 1.65. The average molecular weight is 424 g/mol. The van der Waals surface area contributed by atoms with Crippen LogP contribution in [0.25, 0.3) is 0 Å². The number of likely N-dealkylation sites (N-methyl/N-ethyl adjacent to an activating group) is 1. The molecule has 7 nitrogen and oxygen atoms in total. The van der Waals surface area contributed by atoms with E-state index in [0.29, 0.717) is 11.4 Å². The average Bonchev–Trinajstić information content (AvgIpc) is 3.35. The van der Waals surface area contributed by atoms with Gasteiger partial charge in [-0.25, -0.2) is 0 Å². The van der Waals surface area contributed by atoms with Crippen LogP contribution in [0.4, 0.5) is 11.4 Å². The number of carbonyl (C=O) groups is 2. The molecule has 164 valence electrons. The summed E-state index contributed by atoms with van der Waals surface area (Å²) in [4.78, 5) is 32.0. The van der Waals surface area contributed by atoms with Crippen LogP contribution in [0.1, 0.15) is 32.1 Å². The van der Waals surface area contributed by atoms with Gasteiger partial charge in [-0.15, -0.1) is 0 Å². The van der Waals surface area contributed by atoms with E-state index in [0.717, 1.165) is 31.9 Å². The van der Waals surface area contributed by atoms with Crippen LogP contribution in [0.2, 0.25) is 0 Å². The lowest BCUT2D eigenvalue weighted by molar-refractivity contribution is -0.118. The normalized spacial score (nSPS) is 20.3. The second-order valence-corrected chi connectivity index (χ2v) is 8.68. The second-order valence-electron chi connectivity index (χ2n) is 8.68. The fraction of sp³-hybridized carbons (Fsp3) is 0.417. The molecule has 2 aliphatic heterocycles. The van der Waals surface area contributed by atoms with Gasteiger partial charge in [0.25, 0.3) is 5.91 Å². The Morgan fingerprint density at radius 2 is 1.74 bits per heavy atom. The number of aliphatic hydroxyl groups excluding tert-OH is 1. The molecular formula is C24H29N3O4. The monoisotopic (exact) mass is 423 g/mol. The highest BCUT2D eigenvalue weighted by Crippen LogP contribution is 2.42. The van der Waals surface area contributed by atoms with Crippen LogP contribution in [0.5, 0.6) is 0 Å². The minimum Gasteiger partial charge on any atom is -0.503 e. The van der Waals surface area contributed by atoms with Crippen molar-refractivity contribution in [1.82, 2.24) is 4.90 Å². The number of furan rings is 1. The lowest BCUT2D eigenvalue weighted by Gasteiger charge is -2.34. The van der Waals surface area contributed by atoms with Gasteiger partial charge in [0.05, 0.1) is 11.8 Å². The third-order valence-corrected chi connectivity index (χ3v) is 5.91. The summed E-state index contributed by atoms with van der Waals surface area (Å²) in [7, 11) is 2.12. The number of piperazine rings is 1. The summed E-state index contributed by atoms with van der Waals surface area (Å²) in [5, 5.41) is 10.6. The summed E-state index contributed by atoms with van der Waals surface area (Å²) in [6.45, 7) is 7.78. The van der Waals surface area contributed by atoms with Gasteiger partial charge in [0.1, 0.15) is 11.8 Å². The first-order chi connectivity index (χ1) is 14.9. The first kappa shape index (κ1) is 21.2. The van der Waals surface area contributed by atoms with Crippen molar-refractivity contribution in [2.75, 3.05) is 43.0 Å². The third-order valence-electron chi connectivity index (χ3n) is 5.91. The summed E-state index contributed by atoms with van der Waals surface area (Å²) >= 11 is 0. The summed E-state index contributed by atoms with van der Waals surface area (Å²) in [6.07, 6.45) is 1.76. The summed E-state index contributed by atoms with van der Waals surface area (Å²) in [5.41, 5.74) is 1.81. The van der Waals surface area contributed by atoms with Crippen molar-refractivity contribution in [1.29, 1.82) is 0 Å². The Kier molecular flexibility index (Phi) is 5.87. The van der Waals surface area contributed by atoms with E-state index in [1.165, 1.54) is 11.2 Å². The maximum atomic E-state index is 13.0. The molecule has 1 unspecified atom stereocenters. The fourth-order valence-corrected chi connectivity index (χ4v) is 4.24. The summed E-state index contributed by atoms with van der Waals surface area (Å²) in [5.74, 6) is -0.750. The molecular weight excluding hydrogens is 394 g/mol. The molecule has 3 heterocycles. The van der Waals surface area contributed by atoms with Gasteiger partial charge in [0, 0.05) is 44.0 Å². The molecule has 1 amide bonds. The molecule has 0 aliphatic carbocycles. The van der Waals surface area contributed by atoms with E-state index in [1.54, 1.807) is 12.1 Å². The van der Waals surface area contributed by atoms with Crippen molar-refractivity contribution in [3.05, 3.63) is 59.8 Å². The van der Waals surface area contributed by atoms with Gasteiger partial charge in [-0.05, 0) is 49.4 Å². The van der Waals surface area contributed by atoms with Crippen molar-refractivity contribution in [3.63, 3.8) is 0 Å². The standard InChI is InChI=1S/C24H29N3O4/c1-16(2)15-19(28)21-22(20-5-4-14-31-20)27(24(30)23(21)29)18-8-6-17(7-9-18)26-12-10-25(3)11-13-26/h4-9,14,16,22,29H,10-13,15H2,1-3H3. The first-order valence-corrected chi connectivity index (χ1v) is 10.7. The van der Waals surface area contributed by atoms with Gasteiger partial charge < -0.3 is 19.3 Å². The number of carbonyl (C=O) groups excluding carboxylic acids is 2. The number of rotatable bonds is 6. The van der Waals surface area contributed by atoms with Crippen molar-refractivity contribution >= 4 is 23.1 Å². The smallest absolute Gasteiger partial charge is 0.294 e. The van der Waals surface area contributed by atoms with E-state index >= 15 is 0 Å². The van der Waals surface area contributed by atoms with E-state index in [1.807, 2.05) is 38.1 Å². The highest BCUT2D eigenvalue weighted by molar-refractivity contribution is 6.16. The van der Waals surface area contributed by atoms with Gasteiger partial charge in [0.15, 0.2) is 11.5 Å². The van der Waals surface area contributed by atoms with Gasteiger partial charge in [-0.3, -0.25) is 14.5 Å². The summed E-state index contributed by atoms with van der Waals surface area (Å²) in [6, 6.07) is 10.4. The Hall–Kier alpha value is -3.06. The van der Waals surface area contributed by atoms with E-state index < -0.39 is 17.7 Å². The quantitative estimate of drug-likeness (QED) is 0.766. The number of hydrogen-bond donors (Lipinski definition) is 1. The van der Waals surface area contributed by atoms with Crippen molar-refractivity contribution in [2.45, 2.75) is 26.3 Å². The van der Waals surface area contributed by atoms with Crippen LogP contribution in [0, 0.1) is 5.92 Å². The number of amides is 1. The molecule has 2 aromatic rings. The van der Waals surface area contributed by atoms with Crippen LogP contribution in [0.3, 0.4) is 0 Å². The molecule has 1 aromatic carbocycles. The third kappa shape index (κ3) is 4.10. The SMILES string of the molecule is CC(C)CC(=O)C1=C(O)C(=O)N(c2ccc(N3CCN(C)CC3)cc2)C1c1ccco1. The maximum absolute atomic E-state index is 13.0. The number of Topliss-reactive ketones (excluding diaryl/α,β-unsaturated/α-hetero) is 1. The predicted molar refractivity (Wildman–Crippen MR) is 119 cm³/mol.